The molecule has 0 N–H and O–H groups in total. The van der Waals surface area contributed by atoms with Gasteiger partial charge in [-0.05, 0) is 37.1 Å². The number of Topliss-reactive ketones (excluding diaryl/α,β-unsaturated/α-hetero) is 2. The highest BCUT2D eigenvalue weighted by molar-refractivity contribution is 6.31. The molecule has 0 unspecified atom stereocenters. The van der Waals surface area contributed by atoms with E-state index in [9.17, 15) is 19.7 Å². The highest BCUT2D eigenvalue weighted by Crippen LogP contribution is 2.33. The maximum absolute atomic E-state index is 12.0. The fraction of sp³-hybridized carbons (Fsp3) is 0.333. The van der Waals surface area contributed by atoms with Crippen LogP contribution in [-0.4, -0.2) is 22.0 Å². The van der Waals surface area contributed by atoms with E-state index in [2.05, 4.69) is 0 Å². The summed E-state index contributed by atoms with van der Waals surface area (Å²) in [6.45, 7) is 4.67. The molecule has 1 aliphatic carbocycles. The topological polar surface area (TPSA) is 77.3 Å². The first kappa shape index (κ1) is 11.4. The van der Waals surface area contributed by atoms with Crippen LogP contribution < -0.4 is 0 Å². The van der Waals surface area contributed by atoms with E-state index in [4.69, 9.17) is 0 Å². The van der Waals surface area contributed by atoms with Crippen LogP contribution in [0.15, 0.2) is 12.1 Å². The molecule has 88 valence electrons. The second-order valence-corrected chi connectivity index (χ2v) is 4.47. The van der Waals surface area contributed by atoms with Gasteiger partial charge in [0.15, 0.2) is 0 Å². The quantitative estimate of drug-likeness (QED) is 0.420. The van der Waals surface area contributed by atoms with Gasteiger partial charge in [-0.15, -0.1) is 0 Å². The summed E-state index contributed by atoms with van der Waals surface area (Å²) in [6.07, 6.45) is 0. The number of benzene rings is 1. The second kappa shape index (κ2) is 3.23. The predicted octanol–water partition coefficient (Wildman–Crippen LogP) is 1.72. The molecule has 0 aromatic heterocycles. The van der Waals surface area contributed by atoms with E-state index >= 15 is 0 Å². The molecule has 0 fully saturated rings. The lowest BCUT2D eigenvalue weighted by molar-refractivity contribution is -0.525. The SMILES string of the molecule is Cc1cc2c(cc1C)C(=O)C(C)([N+](=O)[O-])C2=O. The number of nitro groups is 1. The maximum atomic E-state index is 12.0. The van der Waals surface area contributed by atoms with Crippen LogP contribution in [0.1, 0.15) is 38.8 Å². The number of hydrogen-bond donors (Lipinski definition) is 0. The Morgan fingerprint density at radius 3 is 1.71 bits per heavy atom. The zero-order valence-corrected chi connectivity index (χ0v) is 9.73. The molecule has 0 saturated heterocycles. The Morgan fingerprint density at radius 2 is 1.41 bits per heavy atom. The monoisotopic (exact) mass is 233 g/mol. The Kier molecular flexibility index (Phi) is 2.17. The van der Waals surface area contributed by atoms with E-state index in [1.54, 1.807) is 26.0 Å². The second-order valence-electron chi connectivity index (χ2n) is 4.47. The normalized spacial score (nSPS) is 17.1. The van der Waals surface area contributed by atoms with Gasteiger partial charge < -0.3 is 0 Å². The average Bonchev–Trinajstić information content (AvgIpc) is 2.44. The van der Waals surface area contributed by atoms with E-state index in [1.807, 2.05) is 0 Å². The Balaban J connectivity index is 2.74. The van der Waals surface area contributed by atoms with E-state index in [-0.39, 0.29) is 11.1 Å². The molecule has 0 bridgehead atoms. The number of carbonyl (C=O) groups is 2. The molecule has 0 heterocycles. The molecular formula is C12H11NO4. The van der Waals surface area contributed by atoms with Crippen molar-refractivity contribution in [2.45, 2.75) is 26.3 Å². The predicted molar refractivity (Wildman–Crippen MR) is 60.0 cm³/mol. The van der Waals surface area contributed by atoms with Crippen LogP contribution in [-0.2, 0) is 0 Å². The maximum Gasteiger partial charge on any atom is 0.342 e. The standard InChI is InChI=1S/C12H11NO4/c1-6-4-8-9(5-7(6)2)11(15)12(3,10(8)14)13(16)17/h4-5H,1-3H3. The summed E-state index contributed by atoms with van der Waals surface area (Å²) in [6, 6.07) is 3.11. The Labute approximate surface area is 97.6 Å². The molecule has 0 atom stereocenters. The van der Waals surface area contributed by atoms with Crippen molar-refractivity contribution < 1.29 is 14.5 Å². The van der Waals surface area contributed by atoms with Gasteiger partial charge in [-0.3, -0.25) is 19.7 Å². The first-order chi connectivity index (χ1) is 7.80. The van der Waals surface area contributed by atoms with E-state index in [1.165, 1.54) is 0 Å². The van der Waals surface area contributed by atoms with E-state index in [0.717, 1.165) is 18.1 Å². The van der Waals surface area contributed by atoms with Crippen molar-refractivity contribution in [1.82, 2.24) is 0 Å². The number of carbonyl (C=O) groups excluding carboxylic acids is 2. The van der Waals surface area contributed by atoms with Gasteiger partial charge in [-0.25, -0.2) is 0 Å². The number of hydrogen-bond acceptors (Lipinski definition) is 4. The highest BCUT2D eigenvalue weighted by atomic mass is 16.6. The number of nitrogens with zero attached hydrogens (tertiary/aromatic N) is 1. The number of aryl methyl sites for hydroxylation is 2. The first-order valence-corrected chi connectivity index (χ1v) is 5.15. The van der Waals surface area contributed by atoms with Crippen molar-refractivity contribution in [1.29, 1.82) is 0 Å². The van der Waals surface area contributed by atoms with Crippen LogP contribution in [0.4, 0.5) is 0 Å². The number of ketones is 2. The molecule has 1 aromatic carbocycles. The third-order valence-corrected chi connectivity index (χ3v) is 3.37. The minimum atomic E-state index is -2.15. The molecule has 5 heteroatoms. The van der Waals surface area contributed by atoms with Gasteiger partial charge in [0.05, 0.1) is 0 Å². The molecule has 17 heavy (non-hydrogen) atoms. The third kappa shape index (κ3) is 1.25. The molecule has 1 aliphatic rings. The van der Waals surface area contributed by atoms with Gasteiger partial charge in [0.25, 0.3) is 0 Å². The molecule has 0 radical (unpaired) electrons. The lowest BCUT2D eigenvalue weighted by atomic mass is 9.97. The van der Waals surface area contributed by atoms with Gasteiger partial charge in [-0.2, -0.15) is 0 Å². The number of rotatable bonds is 1. The van der Waals surface area contributed by atoms with Crippen LogP contribution >= 0.6 is 0 Å². The molecular weight excluding hydrogens is 222 g/mol. The number of fused-ring (bicyclic) bond motifs is 1. The Bertz CT molecular complexity index is 533. The highest BCUT2D eigenvalue weighted by Gasteiger charge is 2.60. The van der Waals surface area contributed by atoms with Crippen molar-refractivity contribution >= 4 is 11.6 Å². The van der Waals surface area contributed by atoms with Crippen LogP contribution in [0.5, 0.6) is 0 Å². The summed E-state index contributed by atoms with van der Waals surface area (Å²) in [4.78, 5) is 34.1. The first-order valence-electron chi connectivity index (χ1n) is 5.15. The van der Waals surface area contributed by atoms with Gasteiger partial charge in [0, 0.05) is 23.0 Å². The summed E-state index contributed by atoms with van der Waals surface area (Å²) in [5.74, 6) is -1.43. The van der Waals surface area contributed by atoms with Crippen molar-refractivity contribution in [3.8, 4) is 0 Å². The zero-order chi connectivity index (χ0) is 13.0. The fourth-order valence-corrected chi connectivity index (χ4v) is 1.99. The lowest BCUT2D eigenvalue weighted by Crippen LogP contribution is -2.45. The Morgan fingerprint density at radius 1 is 1.06 bits per heavy atom. The molecule has 0 amide bonds. The lowest BCUT2D eigenvalue weighted by Gasteiger charge is -2.09. The van der Waals surface area contributed by atoms with Crippen LogP contribution in [0.2, 0.25) is 0 Å². The van der Waals surface area contributed by atoms with Gasteiger partial charge in [0.2, 0.25) is 11.6 Å². The molecule has 2 rings (SSSR count). The fourth-order valence-electron chi connectivity index (χ4n) is 1.99. The molecule has 1 aromatic rings. The summed E-state index contributed by atoms with van der Waals surface area (Å²) in [5.41, 5.74) is -0.132. The largest absolute Gasteiger partial charge is 0.342 e. The van der Waals surface area contributed by atoms with Crippen LogP contribution in [0.3, 0.4) is 0 Å². The minimum Gasteiger partial charge on any atom is -0.285 e. The zero-order valence-electron chi connectivity index (χ0n) is 9.73. The summed E-state index contributed by atoms with van der Waals surface area (Å²) in [5, 5.41) is 10.9. The van der Waals surface area contributed by atoms with Crippen molar-refractivity contribution in [3.05, 3.63) is 44.5 Å². The molecule has 0 saturated carbocycles. The van der Waals surface area contributed by atoms with Crippen molar-refractivity contribution in [2.24, 2.45) is 0 Å². The smallest absolute Gasteiger partial charge is 0.285 e. The van der Waals surface area contributed by atoms with Gasteiger partial charge in [0.1, 0.15) is 0 Å². The van der Waals surface area contributed by atoms with Gasteiger partial charge in [-0.1, -0.05) is 0 Å². The Hall–Kier alpha value is -2.04. The van der Waals surface area contributed by atoms with Gasteiger partial charge >= 0.3 is 5.54 Å². The minimum absolute atomic E-state index is 0.164. The third-order valence-electron chi connectivity index (χ3n) is 3.37. The molecule has 0 spiro atoms. The average molecular weight is 233 g/mol. The summed E-state index contributed by atoms with van der Waals surface area (Å²) < 4.78 is 0. The van der Waals surface area contributed by atoms with Crippen LogP contribution in [0.25, 0.3) is 0 Å². The van der Waals surface area contributed by atoms with Crippen molar-refractivity contribution in [2.75, 3.05) is 0 Å². The molecule has 5 nitrogen and oxygen atoms in total. The van der Waals surface area contributed by atoms with Crippen LogP contribution in [0, 0.1) is 24.0 Å². The summed E-state index contributed by atoms with van der Waals surface area (Å²) in [7, 11) is 0. The summed E-state index contributed by atoms with van der Waals surface area (Å²) >= 11 is 0. The van der Waals surface area contributed by atoms with E-state index < -0.39 is 22.0 Å². The van der Waals surface area contributed by atoms with Crippen molar-refractivity contribution in [3.63, 3.8) is 0 Å². The molecule has 0 aliphatic heterocycles. The van der Waals surface area contributed by atoms with E-state index in [0.29, 0.717) is 0 Å².